The molecule has 0 aromatic rings. The van der Waals surface area contributed by atoms with E-state index in [0.29, 0.717) is 12.8 Å². The number of hydrogen-bond donors (Lipinski definition) is 7. The fourth-order valence-electron chi connectivity index (χ4n) is 9.85. The molecule has 0 aromatic heterocycles. The van der Waals surface area contributed by atoms with E-state index in [2.05, 4.69) is 74.6 Å². The number of esters is 2. The average molecular weight is 1140 g/mol. The Hall–Kier alpha value is -2.80. The summed E-state index contributed by atoms with van der Waals surface area (Å²) in [5.74, 6) is -0.926. The molecule has 2 saturated heterocycles. The van der Waals surface area contributed by atoms with Crippen LogP contribution in [-0.2, 0) is 38.0 Å². The first-order valence-corrected chi connectivity index (χ1v) is 31.9. The highest BCUT2D eigenvalue weighted by Gasteiger charge is 2.47. The number of unbranched alkanes of at least 4 members (excludes halogenated alkanes) is 27. The van der Waals surface area contributed by atoms with Crippen molar-refractivity contribution < 1.29 is 73.8 Å². The molecule has 0 radical (unpaired) electrons. The summed E-state index contributed by atoms with van der Waals surface area (Å²) in [5, 5.41) is 72.4. The van der Waals surface area contributed by atoms with Gasteiger partial charge in [0.15, 0.2) is 18.7 Å². The lowest BCUT2D eigenvalue weighted by Crippen LogP contribution is -2.61. The minimum absolute atomic E-state index is 0.158. The van der Waals surface area contributed by atoms with Gasteiger partial charge >= 0.3 is 11.9 Å². The molecule has 2 rings (SSSR count). The number of allylic oxidation sites excluding steroid dienone is 10. The predicted molar refractivity (Wildman–Crippen MR) is 316 cm³/mol. The Bertz CT molecular complexity index is 1620. The Labute approximate surface area is 483 Å². The maximum Gasteiger partial charge on any atom is 0.306 e. The Morgan fingerprint density at radius 1 is 0.412 bits per heavy atom. The van der Waals surface area contributed by atoms with Crippen LogP contribution in [0.1, 0.15) is 245 Å². The molecule has 0 aliphatic carbocycles. The lowest BCUT2D eigenvalue weighted by Gasteiger charge is -2.42. The van der Waals surface area contributed by atoms with Gasteiger partial charge in [0, 0.05) is 12.8 Å². The number of ether oxygens (including phenoxy) is 6. The Morgan fingerprint density at radius 3 is 1.25 bits per heavy atom. The van der Waals surface area contributed by atoms with Crippen LogP contribution in [0.5, 0.6) is 0 Å². The summed E-state index contributed by atoms with van der Waals surface area (Å²) < 4.78 is 33.8. The van der Waals surface area contributed by atoms with Gasteiger partial charge in [0.2, 0.25) is 0 Å². The first-order valence-electron chi connectivity index (χ1n) is 31.9. The molecule has 0 bridgehead atoms. The highest BCUT2D eigenvalue weighted by molar-refractivity contribution is 5.70. The molecule has 0 aromatic carbocycles. The van der Waals surface area contributed by atoms with E-state index in [1.165, 1.54) is 128 Å². The number of carbonyl (C=O) groups is 2. The molecule has 11 unspecified atom stereocenters. The Kier molecular flexibility index (Phi) is 46.4. The van der Waals surface area contributed by atoms with E-state index in [1.807, 2.05) is 0 Å². The number of aliphatic hydroxyl groups is 7. The van der Waals surface area contributed by atoms with Gasteiger partial charge in [0.1, 0.15) is 55.4 Å². The zero-order valence-corrected chi connectivity index (χ0v) is 49.8. The van der Waals surface area contributed by atoms with Crippen LogP contribution in [0, 0.1) is 0 Å². The lowest BCUT2D eigenvalue weighted by atomic mass is 9.98. The van der Waals surface area contributed by atoms with Crippen LogP contribution in [0.2, 0.25) is 0 Å². The molecule has 15 nitrogen and oxygen atoms in total. The van der Waals surface area contributed by atoms with E-state index in [-0.39, 0.29) is 26.1 Å². The number of rotatable bonds is 51. The second kappa shape index (κ2) is 50.7. The number of aliphatic hydroxyl groups excluding tert-OH is 7. The van der Waals surface area contributed by atoms with Gasteiger partial charge in [-0.25, -0.2) is 0 Å². The minimum atomic E-state index is -1.77. The minimum Gasteiger partial charge on any atom is -0.462 e. The highest BCUT2D eigenvalue weighted by Crippen LogP contribution is 2.27. The third kappa shape index (κ3) is 36.7. The van der Waals surface area contributed by atoms with Gasteiger partial charge in [0.05, 0.1) is 19.8 Å². The van der Waals surface area contributed by atoms with Crippen LogP contribution in [0.4, 0.5) is 0 Å². The van der Waals surface area contributed by atoms with Gasteiger partial charge < -0.3 is 64.2 Å². The van der Waals surface area contributed by atoms with E-state index in [9.17, 15) is 45.3 Å². The normalized spacial score (nSPS) is 24.1. The molecule has 11 atom stereocenters. The standard InChI is InChI=1S/C65H114O15/c1-3-5-7-9-11-13-15-17-19-21-23-25-26-28-30-32-34-36-38-40-42-44-46-48-57(68)78-53(51-76-64-63(74)61(72)59(70)55(80-64)52-77-65-62(73)60(71)58(69)54(49-66)79-65)50-75-56(67)47-45-43-41-39-37-35-33-31-29-27-24-22-20-18-16-14-12-10-8-6-4-2/h5,7,11,13,17,19,22-25,53-55,58-66,69-74H,3-4,6,8-10,12,14-16,18,20-21,26-52H2,1-2H3/b7-5-,13-11-,19-17-,24-22-,25-23-. The zero-order chi connectivity index (χ0) is 58.1. The third-order valence-electron chi connectivity index (χ3n) is 15.0. The molecule has 2 fully saturated rings. The molecule has 7 N–H and O–H groups in total. The second-order valence-corrected chi connectivity index (χ2v) is 22.2. The fraction of sp³-hybridized carbons (Fsp3) is 0.815. The summed E-state index contributed by atoms with van der Waals surface area (Å²) in [7, 11) is 0. The average Bonchev–Trinajstić information content (AvgIpc) is 3.52. The number of carbonyl (C=O) groups excluding carboxylic acids is 2. The van der Waals surface area contributed by atoms with Crippen molar-refractivity contribution in [3.05, 3.63) is 60.8 Å². The van der Waals surface area contributed by atoms with Crippen molar-refractivity contribution in [2.75, 3.05) is 26.4 Å². The SMILES string of the molecule is CC/C=C\C/C=C\C/C=C\C/C=C\CCCCCCCCCCCCC(=O)OC(COC(=O)CCCCCCCCCCC/C=C\CCCCCCCCCC)COC1OC(COC2OC(CO)C(O)C(O)C2O)C(O)C(O)C1O. The summed E-state index contributed by atoms with van der Waals surface area (Å²) in [4.78, 5) is 26.0. The molecule has 2 heterocycles. The lowest BCUT2D eigenvalue weighted by molar-refractivity contribution is -0.332. The van der Waals surface area contributed by atoms with E-state index in [1.54, 1.807) is 0 Å². The maximum atomic E-state index is 13.1. The van der Waals surface area contributed by atoms with Gasteiger partial charge in [-0.15, -0.1) is 0 Å². The van der Waals surface area contributed by atoms with E-state index in [0.717, 1.165) is 77.0 Å². The predicted octanol–water partition coefficient (Wildman–Crippen LogP) is 11.9. The molecule has 464 valence electrons. The van der Waals surface area contributed by atoms with Crippen LogP contribution in [-0.4, -0.2) is 142 Å². The summed E-state index contributed by atoms with van der Waals surface area (Å²) in [6, 6.07) is 0. The molecule has 0 spiro atoms. The molecule has 0 amide bonds. The van der Waals surface area contributed by atoms with Gasteiger partial charge in [0.25, 0.3) is 0 Å². The molecule has 15 heteroatoms. The number of hydrogen-bond acceptors (Lipinski definition) is 15. The van der Waals surface area contributed by atoms with Crippen molar-refractivity contribution in [2.45, 2.75) is 313 Å². The molecule has 0 saturated carbocycles. The fourth-order valence-corrected chi connectivity index (χ4v) is 9.85. The van der Waals surface area contributed by atoms with Gasteiger partial charge in [-0.05, 0) is 77.0 Å². The largest absolute Gasteiger partial charge is 0.462 e. The molecule has 80 heavy (non-hydrogen) atoms. The van der Waals surface area contributed by atoms with Crippen molar-refractivity contribution in [1.29, 1.82) is 0 Å². The van der Waals surface area contributed by atoms with E-state index >= 15 is 0 Å². The Morgan fingerprint density at radius 2 is 0.787 bits per heavy atom. The highest BCUT2D eigenvalue weighted by atomic mass is 16.7. The third-order valence-corrected chi connectivity index (χ3v) is 15.0. The van der Waals surface area contributed by atoms with Crippen LogP contribution < -0.4 is 0 Å². The molecular formula is C65H114O15. The van der Waals surface area contributed by atoms with Crippen molar-refractivity contribution in [3.63, 3.8) is 0 Å². The van der Waals surface area contributed by atoms with E-state index < -0.39 is 92.7 Å². The zero-order valence-electron chi connectivity index (χ0n) is 49.8. The van der Waals surface area contributed by atoms with Gasteiger partial charge in [-0.2, -0.15) is 0 Å². The van der Waals surface area contributed by atoms with Gasteiger partial charge in [-0.1, -0.05) is 216 Å². The molecule has 2 aliphatic rings. The van der Waals surface area contributed by atoms with Crippen molar-refractivity contribution >= 4 is 11.9 Å². The summed E-state index contributed by atoms with van der Waals surface area (Å²) in [5.41, 5.74) is 0. The van der Waals surface area contributed by atoms with Crippen LogP contribution in [0.25, 0.3) is 0 Å². The molecule has 2 aliphatic heterocycles. The maximum absolute atomic E-state index is 13.1. The quantitative estimate of drug-likeness (QED) is 0.0171. The van der Waals surface area contributed by atoms with Gasteiger partial charge in [-0.3, -0.25) is 9.59 Å². The summed E-state index contributed by atoms with van der Waals surface area (Å²) in [6.07, 6.45) is 45.2. The first-order chi connectivity index (χ1) is 39.0. The van der Waals surface area contributed by atoms with Crippen LogP contribution in [0.15, 0.2) is 60.8 Å². The topological polar surface area (TPSA) is 231 Å². The summed E-state index contributed by atoms with van der Waals surface area (Å²) in [6.45, 7) is 2.51. The van der Waals surface area contributed by atoms with E-state index in [4.69, 9.17) is 28.4 Å². The Balaban J connectivity index is 1.71. The van der Waals surface area contributed by atoms with Crippen molar-refractivity contribution in [2.24, 2.45) is 0 Å². The smallest absolute Gasteiger partial charge is 0.306 e. The second-order valence-electron chi connectivity index (χ2n) is 22.2. The first kappa shape index (κ1) is 73.3. The van der Waals surface area contributed by atoms with Crippen molar-refractivity contribution in [3.8, 4) is 0 Å². The van der Waals surface area contributed by atoms with Crippen LogP contribution in [0.3, 0.4) is 0 Å². The van der Waals surface area contributed by atoms with Crippen LogP contribution >= 0.6 is 0 Å². The van der Waals surface area contributed by atoms with Crippen molar-refractivity contribution in [1.82, 2.24) is 0 Å². The summed E-state index contributed by atoms with van der Waals surface area (Å²) >= 11 is 0. The monoisotopic (exact) mass is 1130 g/mol. The molecular weight excluding hydrogens is 1020 g/mol.